The molecule has 1 heterocycles. The topological polar surface area (TPSA) is 30.5 Å². The monoisotopic (exact) mass is 261 g/mol. The number of benzene rings is 1. The van der Waals surface area contributed by atoms with Crippen molar-refractivity contribution in [2.24, 2.45) is 0 Å². The lowest BCUT2D eigenvalue weighted by Gasteiger charge is -2.23. The Kier molecular flexibility index (Phi) is 4.29. The Bertz CT molecular complexity index is 354. The van der Waals surface area contributed by atoms with Gasteiger partial charge in [0.2, 0.25) is 0 Å². The highest BCUT2D eigenvalue weighted by molar-refractivity contribution is 6.42. The minimum Gasteiger partial charge on any atom is -0.382 e. The Morgan fingerprint density at radius 1 is 1.31 bits per heavy atom. The molecule has 1 atom stereocenters. The van der Waals surface area contributed by atoms with Crippen LogP contribution in [-0.4, -0.2) is 26.0 Å². The van der Waals surface area contributed by atoms with Gasteiger partial charge in [0, 0.05) is 12.2 Å². The molecule has 0 bridgehead atoms. The minimum absolute atomic E-state index is 0.197. The van der Waals surface area contributed by atoms with E-state index in [0.29, 0.717) is 16.8 Å². The lowest BCUT2D eigenvalue weighted by atomic mass is 10.2. The van der Waals surface area contributed by atoms with Gasteiger partial charge < -0.3 is 14.8 Å². The maximum atomic E-state index is 5.91. The van der Waals surface area contributed by atoms with Gasteiger partial charge in [-0.25, -0.2) is 0 Å². The highest BCUT2D eigenvalue weighted by Gasteiger charge is 2.13. The number of nitrogens with one attached hydrogen (secondary N) is 1. The van der Waals surface area contributed by atoms with E-state index < -0.39 is 0 Å². The molecule has 0 spiro atoms. The highest BCUT2D eigenvalue weighted by Crippen LogP contribution is 2.25. The first kappa shape index (κ1) is 12.0. The fourth-order valence-corrected chi connectivity index (χ4v) is 1.80. The van der Waals surface area contributed by atoms with E-state index >= 15 is 0 Å². The van der Waals surface area contributed by atoms with E-state index in [-0.39, 0.29) is 6.10 Å². The first-order valence-corrected chi connectivity index (χ1v) is 5.89. The van der Waals surface area contributed by atoms with Crippen molar-refractivity contribution >= 4 is 28.9 Å². The van der Waals surface area contributed by atoms with Gasteiger partial charge in [-0.15, -0.1) is 0 Å². The third-order valence-electron chi connectivity index (χ3n) is 2.42. The van der Waals surface area contributed by atoms with Crippen molar-refractivity contribution in [2.75, 3.05) is 25.3 Å². The number of hydrogen-bond acceptors (Lipinski definition) is 3. The number of hydrogen-bond donors (Lipinski definition) is 1. The molecule has 1 saturated heterocycles. The quantitative estimate of drug-likeness (QED) is 0.907. The minimum atomic E-state index is 0.197. The van der Waals surface area contributed by atoms with E-state index in [1.165, 1.54) is 0 Å². The van der Waals surface area contributed by atoms with Crippen molar-refractivity contribution in [3.63, 3.8) is 0 Å². The molecule has 16 heavy (non-hydrogen) atoms. The molecular weight excluding hydrogens is 249 g/mol. The van der Waals surface area contributed by atoms with Crippen LogP contribution in [0.1, 0.15) is 6.42 Å². The van der Waals surface area contributed by atoms with Gasteiger partial charge in [-0.2, -0.15) is 0 Å². The van der Waals surface area contributed by atoms with Gasteiger partial charge >= 0.3 is 0 Å². The van der Waals surface area contributed by atoms with Crippen molar-refractivity contribution in [1.29, 1.82) is 0 Å². The molecule has 1 aliphatic rings. The Morgan fingerprint density at radius 3 is 2.88 bits per heavy atom. The number of ether oxygens (including phenoxy) is 2. The van der Waals surface area contributed by atoms with Gasteiger partial charge in [-0.05, 0) is 24.6 Å². The average molecular weight is 262 g/mol. The molecule has 1 aromatic carbocycles. The Morgan fingerprint density at radius 2 is 2.19 bits per heavy atom. The van der Waals surface area contributed by atoms with Crippen molar-refractivity contribution in [2.45, 2.75) is 12.5 Å². The normalized spacial score (nSPS) is 20.8. The molecule has 1 aliphatic heterocycles. The van der Waals surface area contributed by atoms with Gasteiger partial charge in [0.05, 0.1) is 22.8 Å². The third-order valence-corrected chi connectivity index (χ3v) is 3.16. The van der Waals surface area contributed by atoms with Gasteiger partial charge in [0.1, 0.15) is 6.79 Å². The van der Waals surface area contributed by atoms with Crippen molar-refractivity contribution in [1.82, 2.24) is 0 Å². The van der Waals surface area contributed by atoms with Gasteiger partial charge in [-0.1, -0.05) is 23.2 Å². The van der Waals surface area contributed by atoms with E-state index in [1.54, 1.807) is 6.07 Å². The smallest absolute Gasteiger partial charge is 0.147 e. The molecule has 88 valence electrons. The second-order valence-electron chi connectivity index (χ2n) is 3.61. The van der Waals surface area contributed by atoms with Crippen LogP contribution in [-0.2, 0) is 9.47 Å². The molecule has 0 amide bonds. The third kappa shape index (κ3) is 3.25. The van der Waals surface area contributed by atoms with Gasteiger partial charge in [0.25, 0.3) is 0 Å². The zero-order valence-corrected chi connectivity index (χ0v) is 10.2. The fourth-order valence-electron chi connectivity index (χ4n) is 1.50. The number of rotatable bonds is 3. The predicted octanol–water partition coefficient (Wildman–Crippen LogP) is 3.17. The zero-order chi connectivity index (χ0) is 11.4. The molecule has 1 fully saturated rings. The summed E-state index contributed by atoms with van der Waals surface area (Å²) in [4.78, 5) is 0. The van der Waals surface area contributed by atoms with Crippen molar-refractivity contribution < 1.29 is 9.47 Å². The molecule has 0 aromatic heterocycles. The van der Waals surface area contributed by atoms with Crippen LogP contribution in [0.15, 0.2) is 18.2 Å². The summed E-state index contributed by atoms with van der Waals surface area (Å²) in [7, 11) is 0. The maximum Gasteiger partial charge on any atom is 0.147 e. The average Bonchev–Trinajstić information content (AvgIpc) is 2.32. The molecule has 0 radical (unpaired) electrons. The zero-order valence-electron chi connectivity index (χ0n) is 8.71. The summed E-state index contributed by atoms with van der Waals surface area (Å²) in [6.07, 6.45) is 1.11. The van der Waals surface area contributed by atoms with Crippen molar-refractivity contribution in [3.8, 4) is 0 Å². The van der Waals surface area contributed by atoms with Crippen LogP contribution in [0, 0.1) is 0 Å². The molecule has 5 heteroatoms. The molecule has 0 saturated carbocycles. The first-order valence-electron chi connectivity index (χ1n) is 5.14. The summed E-state index contributed by atoms with van der Waals surface area (Å²) in [5.74, 6) is 0. The number of halogens is 2. The lowest BCUT2D eigenvalue weighted by Crippen LogP contribution is -2.30. The molecule has 1 N–H and O–H groups in total. The van der Waals surface area contributed by atoms with Gasteiger partial charge in [0.15, 0.2) is 0 Å². The van der Waals surface area contributed by atoms with Gasteiger partial charge in [-0.3, -0.25) is 0 Å². The van der Waals surface area contributed by atoms with E-state index in [1.807, 2.05) is 12.1 Å². The molecule has 0 aliphatic carbocycles. The molecule has 1 unspecified atom stereocenters. The Hall–Kier alpha value is -0.480. The first-order chi connectivity index (χ1) is 7.75. The molecule has 3 nitrogen and oxygen atoms in total. The van der Waals surface area contributed by atoms with Crippen LogP contribution in [0.4, 0.5) is 5.69 Å². The predicted molar refractivity (Wildman–Crippen MR) is 65.3 cm³/mol. The van der Waals surface area contributed by atoms with E-state index in [4.69, 9.17) is 32.7 Å². The number of anilines is 1. The summed E-state index contributed by atoms with van der Waals surface area (Å²) >= 11 is 11.7. The summed E-state index contributed by atoms with van der Waals surface area (Å²) in [5.41, 5.74) is 0.949. The van der Waals surface area contributed by atoms with E-state index in [9.17, 15) is 0 Å². The summed E-state index contributed by atoms with van der Waals surface area (Å²) < 4.78 is 10.5. The van der Waals surface area contributed by atoms with E-state index in [0.717, 1.165) is 25.3 Å². The molecular formula is C11H13Cl2NO2. The SMILES string of the molecule is Clc1ccc(NCC2CCOCO2)cc1Cl. The second-order valence-corrected chi connectivity index (χ2v) is 4.43. The largest absolute Gasteiger partial charge is 0.382 e. The van der Waals surface area contributed by atoms with E-state index in [2.05, 4.69) is 5.32 Å². The Balaban J connectivity index is 1.86. The van der Waals surface area contributed by atoms with Crippen LogP contribution in [0.25, 0.3) is 0 Å². The highest BCUT2D eigenvalue weighted by atomic mass is 35.5. The van der Waals surface area contributed by atoms with Crippen LogP contribution < -0.4 is 5.32 Å². The summed E-state index contributed by atoms with van der Waals surface area (Å²) in [6.45, 7) is 1.89. The summed E-state index contributed by atoms with van der Waals surface area (Å²) in [5, 5.41) is 4.38. The van der Waals surface area contributed by atoms with Crippen LogP contribution >= 0.6 is 23.2 Å². The van der Waals surface area contributed by atoms with Crippen LogP contribution in [0.5, 0.6) is 0 Å². The fraction of sp³-hybridized carbons (Fsp3) is 0.455. The molecule has 1 aromatic rings. The van der Waals surface area contributed by atoms with Crippen molar-refractivity contribution in [3.05, 3.63) is 28.2 Å². The molecule has 2 rings (SSSR count). The summed E-state index contributed by atoms with van der Waals surface area (Å²) in [6, 6.07) is 5.48. The standard InChI is InChI=1S/C11H13Cl2NO2/c12-10-2-1-8(5-11(10)13)14-6-9-3-4-15-7-16-9/h1-2,5,9,14H,3-4,6-7H2. The second kappa shape index (κ2) is 5.73. The maximum absolute atomic E-state index is 5.91. The van der Waals surface area contributed by atoms with Crippen LogP contribution in [0.3, 0.4) is 0 Å². The van der Waals surface area contributed by atoms with Crippen LogP contribution in [0.2, 0.25) is 10.0 Å². The lowest BCUT2D eigenvalue weighted by molar-refractivity contribution is -0.133. The Labute approximate surface area is 105 Å².